The number of hydrogen-bond acceptors (Lipinski definition) is 4. The van der Waals surface area contributed by atoms with E-state index in [-0.39, 0.29) is 17.5 Å². The molecule has 1 aromatic heterocycles. The first-order valence-electron chi connectivity index (χ1n) is 7.87. The summed E-state index contributed by atoms with van der Waals surface area (Å²) in [6.45, 7) is 0. The van der Waals surface area contributed by atoms with Gasteiger partial charge in [-0.3, -0.25) is 4.79 Å². The second-order valence-electron chi connectivity index (χ2n) is 5.76. The molecule has 1 fully saturated rings. The van der Waals surface area contributed by atoms with Gasteiger partial charge >= 0.3 is 0 Å². The zero-order valence-corrected chi connectivity index (χ0v) is 12.8. The lowest BCUT2D eigenvalue weighted by atomic mass is 9.95. The summed E-state index contributed by atoms with van der Waals surface area (Å²) >= 11 is 0. The van der Waals surface area contributed by atoms with Gasteiger partial charge in [-0.2, -0.15) is 5.26 Å². The predicted molar refractivity (Wildman–Crippen MR) is 88.4 cm³/mol. The second-order valence-corrected chi connectivity index (χ2v) is 5.76. The summed E-state index contributed by atoms with van der Waals surface area (Å²) in [5.41, 5.74) is 2.64. The van der Waals surface area contributed by atoms with Crippen LogP contribution in [0, 0.1) is 11.3 Å². The van der Waals surface area contributed by atoms with Gasteiger partial charge in [-0.05, 0) is 31.0 Å². The molecule has 23 heavy (non-hydrogen) atoms. The number of aromatic nitrogens is 2. The molecule has 1 amide bonds. The third-order valence-electron chi connectivity index (χ3n) is 4.11. The maximum atomic E-state index is 12.2. The zero-order valence-electron chi connectivity index (χ0n) is 12.8. The molecule has 0 spiro atoms. The number of nitriles is 1. The molecule has 1 aliphatic carbocycles. The van der Waals surface area contributed by atoms with Crippen molar-refractivity contribution < 1.29 is 4.79 Å². The topological polar surface area (TPSA) is 93.6 Å². The Morgan fingerprint density at radius 3 is 2.96 bits per heavy atom. The molecule has 2 aromatic rings. The van der Waals surface area contributed by atoms with Crippen molar-refractivity contribution in [1.82, 2.24) is 15.3 Å². The van der Waals surface area contributed by atoms with Gasteiger partial charge in [0.2, 0.25) is 0 Å². The number of rotatable bonds is 4. The second kappa shape index (κ2) is 6.97. The van der Waals surface area contributed by atoms with Crippen molar-refractivity contribution in [1.29, 1.82) is 5.26 Å². The summed E-state index contributed by atoms with van der Waals surface area (Å²) in [4.78, 5) is 19.3. The first-order chi connectivity index (χ1) is 11.3. The van der Waals surface area contributed by atoms with Gasteiger partial charge in [0.25, 0.3) is 5.91 Å². The fraction of sp³-hybridized carbons (Fsp3) is 0.353. The van der Waals surface area contributed by atoms with E-state index in [1.165, 1.54) is 12.6 Å². The molecule has 1 aromatic carbocycles. The Balaban J connectivity index is 1.65. The molecule has 118 valence electrons. The molecule has 6 heteroatoms. The van der Waals surface area contributed by atoms with E-state index >= 15 is 0 Å². The monoisotopic (exact) mass is 309 g/mol. The molecule has 0 atom stereocenters. The Bertz CT molecular complexity index is 765. The third kappa shape index (κ3) is 3.69. The fourth-order valence-corrected chi connectivity index (χ4v) is 2.84. The minimum Gasteiger partial charge on any atom is -0.360 e. The molecule has 1 heterocycles. The highest BCUT2D eigenvalue weighted by Gasteiger charge is 2.17. The van der Waals surface area contributed by atoms with E-state index < -0.39 is 0 Å². The van der Waals surface area contributed by atoms with Crippen LogP contribution in [-0.2, 0) is 4.79 Å². The van der Waals surface area contributed by atoms with Gasteiger partial charge in [0.1, 0.15) is 11.6 Å². The highest BCUT2D eigenvalue weighted by Crippen LogP contribution is 2.18. The van der Waals surface area contributed by atoms with E-state index in [2.05, 4.69) is 20.6 Å². The number of nitrogens with one attached hydrogen (secondary N) is 3. The Morgan fingerprint density at radius 2 is 2.17 bits per heavy atom. The molecule has 0 bridgehead atoms. The van der Waals surface area contributed by atoms with Crippen LogP contribution in [0.25, 0.3) is 11.0 Å². The predicted octanol–water partition coefficient (Wildman–Crippen LogP) is 2.83. The van der Waals surface area contributed by atoms with Crippen LogP contribution in [0.5, 0.6) is 0 Å². The van der Waals surface area contributed by atoms with Crippen LogP contribution in [0.4, 0.5) is 5.69 Å². The lowest BCUT2D eigenvalue weighted by Gasteiger charge is -2.22. The number of imidazole rings is 1. The number of aromatic amines is 1. The summed E-state index contributed by atoms with van der Waals surface area (Å²) < 4.78 is 0. The van der Waals surface area contributed by atoms with Crippen LogP contribution in [0.2, 0.25) is 0 Å². The van der Waals surface area contributed by atoms with Crippen molar-refractivity contribution >= 4 is 22.6 Å². The number of H-pyrrole nitrogens is 1. The summed E-state index contributed by atoms with van der Waals surface area (Å²) in [7, 11) is 0. The van der Waals surface area contributed by atoms with Gasteiger partial charge in [-0.15, -0.1) is 0 Å². The molecule has 1 aliphatic rings. The van der Waals surface area contributed by atoms with Crippen molar-refractivity contribution in [3.8, 4) is 6.07 Å². The van der Waals surface area contributed by atoms with Gasteiger partial charge in [-0.1, -0.05) is 19.3 Å². The molecule has 0 aliphatic heterocycles. The Kier molecular flexibility index (Phi) is 4.57. The molecule has 0 unspecified atom stereocenters. The van der Waals surface area contributed by atoms with Crippen LogP contribution in [0.3, 0.4) is 0 Å². The van der Waals surface area contributed by atoms with E-state index in [0.717, 1.165) is 42.4 Å². The Hall–Kier alpha value is -2.81. The number of carbonyl (C=O) groups is 1. The summed E-state index contributed by atoms with van der Waals surface area (Å²) in [6, 6.07) is 7.76. The van der Waals surface area contributed by atoms with Crippen molar-refractivity contribution in [2.75, 3.05) is 5.32 Å². The van der Waals surface area contributed by atoms with Crippen LogP contribution in [0.15, 0.2) is 36.3 Å². The molecule has 0 saturated heterocycles. The summed E-state index contributed by atoms with van der Waals surface area (Å²) in [6.07, 6.45) is 8.57. The third-order valence-corrected chi connectivity index (χ3v) is 4.11. The maximum absolute atomic E-state index is 12.2. The van der Waals surface area contributed by atoms with Crippen LogP contribution < -0.4 is 10.6 Å². The first kappa shape index (κ1) is 15.1. The summed E-state index contributed by atoms with van der Waals surface area (Å²) in [5, 5.41) is 15.2. The van der Waals surface area contributed by atoms with E-state index in [1.807, 2.05) is 24.3 Å². The van der Waals surface area contributed by atoms with Gasteiger partial charge in [0.15, 0.2) is 0 Å². The van der Waals surface area contributed by atoms with Crippen molar-refractivity contribution in [3.63, 3.8) is 0 Å². The molecular weight excluding hydrogens is 290 g/mol. The van der Waals surface area contributed by atoms with Crippen molar-refractivity contribution in [2.24, 2.45) is 0 Å². The normalized spacial score (nSPS) is 16.0. The van der Waals surface area contributed by atoms with Gasteiger partial charge in [0, 0.05) is 17.9 Å². The molecule has 3 N–H and O–H groups in total. The SMILES string of the molecule is N#C/C(=C/Nc1ccc2nc[nH]c2c1)C(=O)NC1CCCCC1. The van der Waals surface area contributed by atoms with E-state index in [4.69, 9.17) is 0 Å². The minimum atomic E-state index is -0.311. The molecule has 6 nitrogen and oxygen atoms in total. The van der Waals surface area contributed by atoms with Crippen molar-refractivity contribution in [3.05, 3.63) is 36.3 Å². The standard InChI is InChI=1S/C17H19N5O/c18-9-12(17(23)22-13-4-2-1-3-5-13)10-19-14-6-7-15-16(8-14)21-11-20-15/h6-8,10-11,13,19H,1-5H2,(H,20,21)(H,22,23)/b12-10-. The minimum absolute atomic E-state index is 0.0836. The Morgan fingerprint density at radius 1 is 1.35 bits per heavy atom. The zero-order chi connectivity index (χ0) is 16.1. The lowest BCUT2D eigenvalue weighted by molar-refractivity contribution is -0.118. The highest BCUT2D eigenvalue weighted by atomic mass is 16.1. The fourth-order valence-electron chi connectivity index (χ4n) is 2.84. The quantitative estimate of drug-likeness (QED) is 0.598. The number of carbonyl (C=O) groups excluding carboxylic acids is 1. The molecular formula is C17H19N5O. The average molecular weight is 309 g/mol. The van der Waals surface area contributed by atoms with E-state index in [9.17, 15) is 10.1 Å². The smallest absolute Gasteiger partial charge is 0.263 e. The van der Waals surface area contributed by atoms with E-state index in [0.29, 0.717) is 0 Å². The van der Waals surface area contributed by atoms with E-state index in [1.54, 1.807) is 6.33 Å². The van der Waals surface area contributed by atoms with Crippen LogP contribution >= 0.6 is 0 Å². The number of fused-ring (bicyclic) bond motifs is 1. The molecule has 1 saturated carbocycles. The van der Waals surface area contributed by atoms with Gasteiger partial charge in [0.05, 0.1) is 17.4 Å². The molecule has 3 rings (SSSR count). The highest BCUT2D eigenvalue weighted by molar-refractivity contribution is 5.97. The number of anilines is 1. The lowest BCUT2D eigenvalue weighted by Crippen LogP contribution is -2.37. The van der Waals surface area contributed by atoms with Crippen LogP contribution in [0.1, 0.15) is 32.1 Å². The van der Waals surface area contributed by atoms with Gasteiger partial charge < -0.3 is 15.6 Å². The largest absolute Gasteiger partial charge is 0.360 e. The number of nitrogens with zero attached hydrogens (tertiary/aromatic N) is 2. The van der Waals surface area contributed by atoms with Gasteiger partial charge in [-0.25, -0.2) is 4.98 Å². The number of amides is 1. The Labute approximate surface area is 134 Å². The first-order valence-corrected chi connectivity index (χ1v) is 7.87. The maximum Gasteiger partial charge on any atom is 0.263 e. The number of benzene rings is 1. The number of hydrogen-bond donors (Lipinski definition) is 3. The summed E-state index contributed by atoms with van der Waals surface area (Å²) in [5.74, 6) is -0.311. The van der Waals surface area contributed by atoms with Crippen molar-refractivity contribution in [2.45, 2.75) is 38.1 Å². The average Bonchev–Trinajstić information content (AvgIpc) is 3.04. The van der Waals surface area contributed by atoms with Crippen LogP contribution in [-0.4, -0.2) is 21.9 Å². The molecule has 0 radical (unpaired) electrons.